The van der Waals surface area contributed by atoms with Gasteiger partial charge in [0.05, 0.1) is 12.6 Å². The lowest BCUT2D eigenvalue weighted by atomic mass is 9.85. The van der Waals surface area contributed by atoms with Crippen molar-refractivity contribution in [1.29, 1.82) is 0 Å². The van der Waals surface area contributed by atoms with Gasteiger partial charge in [-0.15, -0.1) is 12.4 Å². The van der Waals surface area contributed by atoms with Crippen LogP contribution in [0.15, 0.2) is 18.2 Å². The monoisotopic (exact) mass is 232 g/mol. The van der Waals surface area contributed by atoms with E-state index < -0.39 is 5.54 Å². The largest absolute Gasteiger partial charge is 0.497 e. The molecule has 2 rings (SSSR count). The van der Waals surface area contributed by atoms with Crippen molar-refractivity contribution in [2.24, 2.45) is 5.73 Å². The van der Waals surface area contributed by atoms with Crippen LogP contribution >= 0.6 is 12.4 Å². The molecule has 0 atom stereocenters. The fourth-order valence-corrected chi connectivity index (χ4v) is 1.57. The first-order valence-corrected chi connectivity index (χ1v) is 4.49. The Morgan fingerprint density at radius 1 is 1.40 bits per heavy atom. The van der Waals surface area contributed by atoms with Crippen LogP contribution < -0.4 is 15.8 Å². The number of hydrogen-bond acceptors (Lipinski definition) is 3. The average molecular weight is 233 g/mol. The molecule has 1 heterocycles. The Hall–Kier alpha value is -0.840. The van der Waals surface area contributed by atoms with Gasteiger partial charge in [0.15, 0.2) is 0 Å². The maximum atomic E-state index is 13.1. The van der Waals surface area contributed by atoms with Gasteiger partial charge in [-0.25, -0.2) is 4.39 Å². The fraction of sp³-hybridized carbons (Fsp3) is 0.400. The quantitative estimate of drug-likeness (QED) is 0.800. The molecule has 84 valence electrons. The van der Waals surface area contributed by atoms with E-state index >= 15 is 0 Å². The highest BCUT2D eigenvalue weighted by atomic mass is 35.5. The Morgan fingerprint density at radius 2 is 2.07 bits per heavy atom. The first-order valence-electron chi connectivity index (χ1n) is 4.49. The smallest absolute Gasteiger partial charge is 0.127 e. The van der Waals surface area contributed by atoms with Crippen LogP contribution in [0.2, 0.25) is 0 Å². The predicted molar refractivity (Wildman–Crippen MR) is 58.9 cm³/mol. The molecule has 1 aromatic rings. The lowest BCUT2D eigenvalue weighted by Crippen LogP contribution is -2.62. The summed E-state index contributed by atoms with van der Waals surface area (Å²) in [7, 11) is 1.51. The molecule has 1 aliphatic rings. The summed E-state index contributed by atoms with van der Waals surface area (Å²) in [6.45, 7) is 1.36. The SMILES string of the molecule is COc1cc(F)cc(C2(N)CNC2)c1.Cl. The molecule has 15 heavy (non-hydrogen) atoms. The second-order valence-corrected chi connectivity index (χ2v) is 3.64. The third-order valence-corrected chi connectivity index (χ3v) is 2.56. The van der Waals surface area contributed by atoms with Crippen molar-refractivity contribution < 1.29 is 9.13 Å². The van der Waals surface area contributed by atoms with Crippen LogP contribution in [-0.4, -0.2) is 20.2 Å². The average Bonchev–Trinajstić information content (AvgIpc) is 2.13. The first-order chi connectivity index (χ1) is 6.64. The van der Waals surface area contributed by atoms with Gasteiger partial charge in [0.25, 0.3) is 0 Å². The maximum absolute atomic E-state index is 13.1. The van der Waals surface area contributed by atoms with Gasteiger partial charge in [0.1, 0.15) is 11.6 Å². The van der Waals surface area contributed by atoms with Crippen molar-refractivity contribution in [3.05, 3.63) is 29.6 Å². The van der Waals surface area contributed by atoms with Gasteiger partial charge in [-0.1, -0.05) is 0 Å². The van der Waals surface area contributed by atoms with E-state index in [-0.39, 0.29) is 18.2 Å². The molecule has 0 saturated carbocycles. The number of nitrogens with two attached hydrogens (primary N) is 1. The van der Waals surface area contributed by atoms with E-state index in [2.05, 4.69) is 5.32 Å². The van der Waals surface area contributed by atoms with E-state index in [4.69, 9.17) is 10.5 Å². The highest BCUT2D eigenvalue weighted by Gasteiger charge is 2.34. The molecule has 0 amide bonds. The van der Waals surface area contributed by atoms with Crippen molar-refractivity contribution in [2.75, 3.05) is 20.2 Å². The molecule has 0 unspecified atom stereocenters. The van der Waals surface area contributed by atoms with Crippen LogP contribution in [0, 0.1) is 5.82 Å². The van der Waals surface area contributed by atoms with Crippen molar-refractivity contribution in [1.82, 2.24) is 5.32 Å². The second-order valence-electron chi connectivity index (χ2n) is 3.64. The zero-order valence-corrected chi connectivity index (χ0v) is 9.23. The Morgan fingerprint density at radius 3 is 2.53 bits per heavy atom. The number of methoxy groups -OCH3 is 1. The van der Waals surface area contributed by atoms with E-state index in [1.54, 1.807) is 6.07 Å². The van der Waals surface area contributed by atoms with E-state index in [0.717, 1.165) is 5.56 Å². The molecule has 3 nitrogen and oxygen atoms in total. The molecule has 0 aliphatic carbocycles. The van der Waals surface area contributed by atoms with Gasteiger partial charge in [-0.3, -0.25) is 0 Å². The summed E-state index contributed by atoms with van der Waals surface area (Å²) in [4.78, 5) is 0. The van der Waals surface area contributed by atoms with E-state index in [0.29, 0.717) is 18.8 Å². The summed E-state index contributed by atoms with van der Waals surface area (Å²) >= 11 is 0. The minimum absolute atomic E-state index is 0. The standard InChI is InChI=1S/C10H13FN2O.ClH/c1-14-9-3-7(2-8(11)4-9)10(12)5-13-6-10;/h2-4,13H,5-6,12H2,1H3;1H. The molecule has 0 bridgehead atoms. The third kappa shape index (κ3) is 2.22. The summed E-state index contributed by atoms with van der Waals surface area (Å²) in [6, 6.07) is 4.59. The van der Waals surface area contributed by atoms with Gasteiger partial charge in [-0.05, 0) is 17.7 Å². The molecule has 0 aromatic heterocycles. The van der Waals surface area contributed by atoms with Crippen LogP contribution in [0.1, 0.15) is 5.56 Å². The maximum Gasteiger partial charge on any atom is 0.127 e. The Bertz CT molecular complexity index is 355. The van der Waals surface area contributed by atoms with E-state index in [9.17, 15) is 4.39 Å². The van der Waals surface area contributed by atoms with Crippen LogP contribution in [0.3, 0.4) is 0 Å². The second kappa shape index (κ2) is 4.35. The lowest BCUT2D eigenvalue weighted by Gasteiger charge is -2.39. The predicted octanol–water partition coefficient (Wildman–Crippen LogP) is 1.01. The van der Waals surface area contributed by atoms with Crippen molar-refractivity contribution >= 4 is 12.4 Å². The minimum atomic E-state index is -0.435. The van der Waals surface area contributed by atoms with Crippen molar-refractivity contribution in [3.63, 3.8) is 0 Å². The molecule has 0 spiro atoms. The number of rotatable bonds is 2. The highest BCUT2D eigenvalue weighted by Crippen LogP contribution is 2.26. The van der Waals surface area contributed by atoms with E-state index in [1.165, 1.54) is 19.2 Å². The van der Waals surface area contributed by atoms with Crippen LogP contribution in [0.5, 0.6) is 5.75 Å². The number of halogens is 2. The third-order valence-electron chi connectivity index (χ3n) is 2.56. The van der Waals surface area contributed by atoms with Crippen molar-refractivity contribution in [2.45, 2.75) is 5.54 Å². The summed E-state index contributed by atoms with van der Waals surface area (Å²) in [5, 5.41) is 3.07. The molecule has 3 N–H and O–H groups in total. The normalized spacial score (nSPS) is 17.5. The van der Waals surface area contributed by atoms with E-state index in [1.807, 2.05) is 0 Å². The summed E-state index contributed by atoms with van der Waals surface area (Å²) in [5.41, 5.74) is 6.38. The molecule has 1 aliphatic heterocycles. The molecule has 5 heteroatoms. The van der Waals surface area contributed by atoms with Crippen LogP contribution in [0.25, 0.3) is 0 Å². The molecule has 1 saturated heterocycles. The topological polar surface area (TPSA) is 47.3 Å². The van der Waals surface area contributed by atoms with Gasteiger partial charge in [0, 0.05) is 19.2 Å². The molecular formula is C10H14ClFN2O. The zero-order chi connectivity index (χ0) is 10.2. The molecular weight excluding hydrogens is 219 g/mol. The molecule has 1 fully saturated rings. The van der Waals surface area contributed by atoms with Crippen molar-refractivity contribution in [3.8, 4) is 5.75 Å². The zero-order valence-electron chi connectivity index (χ0n) is 8.42. The number of ether oxygens (including phenoxy) is 1. The van der Waals surface area contributed by atoms with Crippen LogP contribution in [-0.2, 0) is 5.54 Å². The van der Waals surface area contributed by atoms with Gasteiger partial charge >= 0.3 is 0 Å². The summed E-state index contributed by atoms with van der Waals surface area (Å²) in [5.74, 6) is 0.202. The Kier molecular flexibility index (Phi) is 3.54. The van der Waals surface area contributed by atoms with Gasteiger partial charge in [-0.2, -0.15) is 0 Å². The summed E-state index contributed by atoms with van der Waals surface area (Å²) < 4.78 is 18.1. The number of hydrogen-bond donors (Lipinski definition) is 2. The Labute approximate surface area is 94.2 Å². The molecule has 0 radical (unpaired) electrons. The number of nitrogens with one attached hydrogen (secondary N) is 1. The Balaban J connectivity index is 0.00000112. The van der Waals surface area contributed by atoms with Gasteiger partial charge in [0.2, 0.25) is 0 Å². The number of benzene rings is 1. The minimum Gasteiger partial charge on any atom is -0.497 e. The highest BCUT2D eigenvalue weighted by molar-refractivity contribution is 5.85. The first kappa shape index (κ1) is 12.2. The summed E-state index contributed by atoms with van der Waals surface area (Å²) in [6.07, 6.45) is 0. The fourth-order valence-electron chi connectivity index (χ4n) is 1.57. The van der Waals surface area contributed by atoms with Crippen LogP contribution in [0.4, 0.5) is 4.39 Å². The van der Waals surface area contributed by atoms with Gasteiger partial charge < -0.3 is 15.8 Å². The lowest BCUT2D eigenvalue weighted by molar-refractivity contribution is 0.284. The molecule has 1 aromatic carbocycles.